The second-order valence-electron chi connectivity index (χ2n) is 12.2. The van der Waals surface area contributed by atoms with Gasteiger partial charge in [0.05, 0.1) is 12.0 Å². The van der Waals surface area contributed by atoms with Crippen molar-refractivity contribution in [2.75, 3.05) is 12.7 Å². The lowest BCUT2D eigenvalue weighted by Gasteiger charge is -2.28. The number of hydrogen-bond donors (Lipinski definition) is 5. The lowest BCUT2D eigenvalue weighted by Crippen LogP contribution is -2.51. The van der Waals surface area contributed by atoms with Crippen LogP contribution in [0, 0.1) is 17.2 Å². The van der Waals surface area contributed by atoms with Crippen LogP contribution in [0.5, 0.6) is 0 Å². The van der Waals surface area contributed by atoms with E-state index < -0.39 is 78.7 Å². The third kappa shape index (κ3) is 12.2. The van der Waals surface area contributed by atoms with Crippen LogP contribution < -0.4 is 16.0 Å². The number of aliphatic carboxylic acids is 1. The largest absolute Gasteiger partial charge is 0.480 e. The molecule has 1 heterocycles. The van der Waals surface area contributed by atoms with E-state index >= 15 is 0 Å². The van der Waals surface area contributed by atoms with Crippen LogP contribution >= 0.6 is 7.37 Å². The van der Waals surface area contributed by atoms with Crippen LogP contribution in [-0.2, 0) is 34.9 Å². The standard InChI is InChI=1S/C30H44N5O9P/c1-19(28(39)40)32-26(37)22(16-21-10-7-6-8-11-21)18-45(42,43)20(2)33-25(36)14-13-24(34-29(41)44-30(3,4)5)27(38)35-15-9-12-23(35)17-31/h6-8,10-11,19-20,22-24H,9,12-16,18H2,1-5H3,(H,32,37)(H,33,36)(H,34,41)(H,39,40)(H,42,43). The first-order valence-electron chi connectivity index (χ1n) is 14.8. The zero-order valence-electron chi connectivity index (χ0n) is 26.3. The molecule has 1 fully saturated rings. The minimum absolute atomic E-state index is 0.0601. The molecule has 0 radical (unpaired) electrons. The maximum absolute atomic E-state index is 13.4. The molecule has 2 rings (SSSR count). The zero-order chi connectivity index (χ0) is 33.9. The number of nitrogens with one attached hydrogen (secondary N) is 3. The van der Waals surface area contributed by atoms with Crippen LogP contribution in [-0.4, -0.2) is 86.9 Å². The number of rotatable bonds is 14. The van der Waals surface area contributed by atoms with Crippen LogP contribution in [0.2, 0.25) is 0 Å². The zero-order valence-corrected chi connectivity index (χ0v) is 27.2. The fourth-order valence-corrected chi connectivity index (χ4v) is 6.35. The summed E-state index contributed by atoms with van der Waals surface area (Å²) < 4.78 is 18.7. The van der Waals surface area contributed by atoms with E-state index in [1.54, 1.807) is 51.1 Å². The number of benzene rings is 1. The number of carboxylic acid groups (broad SMARTS) is 1. The summed E-state index contributed by atoms with van der Waals surface area (Å²) in [6, 6.07) is 7.72. The highest BCUT2D eigenvalue weighted by Gasteiger charge is 2.37. The van der Waals surface area contributed by atoms with E-state index in [9.17, 15) is 43.8 Å². The minimum atomic E-state index is -4.23. The molecule has 6 unspecified atom stereocenters. The predicted molar refractivity (Wildman–Crippen MR) is 164 cm³/mol. The predicted octanol–water partition coefficient (Wildman–Crippen LogP) is 2.36. The van der Waals surface area contributed by atoms with Crippen LogP contribution in [0.15, 0.2) is 30.3 Å². The summed E-state index contributed by atoms with van der Waals surface area (Å²) in [6.45, 7) is 7.87. The van der Waals surface area contributed by atoms with Crippen molar-refractivity contribution in [3.8, 4) is 6.07 Å². The quantitative estimate of drug-likeness (QED) is 0.185. The van der Waals surface area contributed by atoms with E-state index in [2.05, 4.69) is 22.0 Å². The molecule has 0 aliphatic carbocycles. The smallest absolute Gasteiger partial charge is 0.408 e. The van der Waals surface area contributed by atoms with Crippen molar-refractivity contribution < 1.29 is 43.3 Å². The van der Waals surface area contributed by atoms with Crippen molar-refractivity contribution in [3.05, 3.63) is 35.9 Å². The summed E-state index contributed by atoms with van der Waals surface area (Å²) in [7, 11) is -4.23. The Labute approximate surface area is 263 Å². The fraction of sp³-hybridized carbons (Fsp3) is 0.600. The van der Waals surface area contributed by atoms with E-state index in [4.69, 9.17) is 4.74 Å². The maximum atomic E-state index is 13.4. The Morgan fingerprint density at radius 3 is 2.33 bits per heavy atom. The van der Waals surface area contributed by atoms with E-state index in [1.807, 2.05) is 0 Å². The Morgan fingerprint density at radius 2 is 1.76 bits per heavy atom. The number of carbonyl (C=O) groups is 5. The van der Waals surface area contributed by atoms with Gasteiger partial charge >= 0.3 is 12.1 Å². The normalized spacial score (nSPS) is 18.7. The molecular weight excluding hydrogens is 605 g/mol. The second kappa shape index (κ2) is 16.4. The van der Waals surface area contributed by atoms with Gasteiger partial charge in [-0.3, -0.25) is 23.7 Å². The van der Waals surface area contributed by atoms with Gasteiger partial charge in [-0.2, -0.15) is 5.26 Å². The molecule has 0 saturated carbocycles. The molecule has 0 bridgehead atoms. The number of carbonyl (C=O) groups excluding carboxylic acids is 4. The van der Waals surface area contributed by atoms with Gasteiger partial charge in [-0.05, 0) is 65.9 Å². The Bertz CT molecular complexity index is 1310. The summed E-state index contributed by atoms with van der Waals surface area (Å²) in [5, 5.41) is 25.9. The topological polar surface area (TPSA) is 215 Å². The van der Waals surface area contributed by atoms with Crippen molar-refractivity contribution >= 4 is 37.2 Å². The molecule has 248 valence electrons. The highest BCUT2D eigenvalue weighted by molar-refractivity contribution is 7.58. The molecule has 6 atom stereocenters. The molecule has 5 N–H and O–H groups in total. The van der Waals surface area contributed by atoms with Crippen LogP contribution in [0.4, 0.5) is 4.79 Å². The summed E-state index contributed by atoms with van der Waals surface area (Å²) in [5.41, 5.74) is -0.154. The number of carboxylic acids is 1. The fourth-order valence-electron chi connectivity index (χ4n) is 4.76. The number of amides is 4. The van der Waals surface area contributed by atoms with Crippen molar-refractivity contribution in [2.45, 2.75) is 96.2 Å². The third-order valence-corrected chi connectivity index (χ3v) is 9.52. The number of nitrogens with zero attached hydrogens (tertiary/aromatic N) is 2. The van der Waals surface area contributed by atoms with E-state index in [0.717, 1.165) is 0 Å². The number of ether oxygens (including phenoxy) is 1. The Kier molecular flexibility index (Phi) is 13.6. The third-order valence-electron chi connectivity index (χ3n) is 7.22. The first-order valence-corrected chi connectivity index (χ1v) is 16.7. The van der Waals surface area contributed by atoms with Crippen molar-refractivity contribution in [2.24, 2.45) is 5.92 Å². The van der Waals surface area contributed by atoms with Gasteiger partial charge in [0.1, 0.15) is 29.5 Å². The van der Waals surface area contributed by atoms with Crippen LogP contribution in [0.3, 0.4) is 0 Å². The van der Waals surface area contributed by atoms with Gasteiger partial charge < -0.3 is 35.6 Å². The number of hydrogen-bond acceptors (Lipinski definition) is 8. The van der Waals surface area contributed by atoms with Gasteiger partial charge in [-0.15, -0.1) is 0 Å². The highest BCUT2D eigenvalue weighted by Crippen LogP contribution is 2.47. The number of nitriles is 1. The highest BCUT2D eigenvalue weighted by atomic mass is 31.2. The Morgan fingerprint density at radius 1 is 1.11 bits per heavy atom. The number of alkyl carbamates (subject to hydrolysis) is 1. The van der Waals surface area contributed by atoms with Gasteiger partial charge in [0.15, 0.2) is 0 Å². The lowest BCUT2D eigenvalue weighted by atomic mass is 10.00. The second-order valence-corrected chi connectivity index (χ2v) is 14.8. The monoisotopic (exact) mass is 649 g/mol. The van der Waals surface area contributed by atoms with Crippen LogP contribution in [0.1, 0.15) is 65.9 Å². The van der Waals surface area contributed by atoms with E-state index in [-0.39, 0.29) is 19.3 Å². The molecular formula is C30H44N5O9P. The molecule has 1 aromatic rings. The first kappa shape index (κ1) is 37.2. The lowest BCUT2D eigenvalue weighted by molar-refractivity contribution is -0.141. The van der Waals surface area contributed by atoms with E-state index in [0.29, 0.717) is 24.9 Å². The number of likely N-dealkylation sites (tertiary alicyclic amines) is 1. The summed E-state index contributed by atoms with van der Waals surface area (Å²) >= 11 is 0. The molecule has 1 aliphatic rings. The van der Waals surface area contributed by atoms with E-state index in [1.165, 1.54) is 18.7 Å². The molecule has 14 nitrogen and oxygen atoms in total. The van der Waals surface area contributed by atoms with Gasteiger partial charge in [0, 0.05) is 19.1 Å². The minimum Gasteiger partial charge on any atom is -0.480 e. The molecule has 15 heteroatoms. The summed E-state index contributed by atoms with van der Waals surface area (Å²) in [5.74, 6) is -5.55. The maximum Gasteiger partial charge on any atom is 0.408 e. The summed E-state index contributed by atoms with van der Waals surface area (Å²) in [6.07, 6.45) is -0.728. The average molecular weight is 650 g/mol. The van der Waals surface area contributed by atoms with Crippen molar-refractivity contribution in [1.29, 1.82) is 5.26 Å². The Balaban J connectivity index is 2.12. The van der Waals surface area contributed by atoms with Gasteiger partial charge in [0.25, 0.3) is 0 Å². The van der Waals surface area contributed by atoms with Gasteiger partial charge in [-0.1, -0.05) is 30.3 Å². The average Bonchev–Trinajstić information content (AvgIpc) is 3.43. The van der Waals surface area contributed by atoms with Gasteiger partial charge in [-0.25, -0.2) is 4.79 Å². The SMILES string of the molecule is CC(NC(=O)C(Cc1ccccc1)CP(=O)(O)C(C)NC(=O)CCC(NC(=O)OC(C)(C)C)C(=O)N1CCCC1C#N)C(=O)O. The molecule has 1 saturated heterocycles. The molecule has 4 amide bonds. The Hall–Kier alpha value is -3.95. The first-order chi connectivity index (χ1) is 20.9. The van der Waals surface area contributed by atoms with Crippen LogP contribution in [0.25, 0.3) is 0 Å². The molecule has 0 aromatic heterocycles. The molecule has 0 spiro atoms. The molecule has 1 aliphatic heterocycles. The van der Waals surface area contributed by atoms with Crippen molar-refractivity contribution in [3.63, 3.8) is 0 Å². The molecule has 45 heavy (non-hydrogen) atoms. The summed E-state index contributed by atoms with van der Waals surface area (Å²) in [4.78, 5) is 75.2. The van der Waals surface area contributed by atoms with Crippen molar-refractivity contribution in [1.82, 2.24) is 20.9 Å². The molecule has 1 aromatic carbocycles. The van der Waals surface area contributed by atoms with Gasteiger partial charge in [0.2, 0.25) is 25.1 Å².